The third-order valence-electron chi connectivity index (χ3n) is 4.96. The van der Waals surface area contributed by atoms with Gasteiger partial charge in [-0.05, 0) is 31.0 Å². The van der Waals surface area contributed by atoms with E-state index in [4.69, 9.17) is 4.52 Å². The van der Waals surface area contributed by atoms with E-state index in [1.807, 2.05) is 19.3 Å². The molecule has 4 rings (SSSR count). The van der Waals surface area contributed by atoms with Crippen molar-refractivity contribution in [2.75, 3.05) is 6.54 Å². The van der Waals surface area contributed by atoms with Gasteiger partial charge >= 0.3 is 0 Å². The fourth-order valence-electron chi connectivity index (χ4n) is 3.58. The smallest absolute Gasteiger partial charge is 0.293 e. The summed E-state index contributed by atoms with van der Waals surface area (Å²) in [5.41, 5.74) is 1.51. The molecule has 27 heavy (non-hydrogen) atoms. The Morgan fingerprint density at radius 3 is 2.85 bits per heavy atom. The van der Waals surface area contributed by atoms with E-state index in [2.05, 4.69) is 10.3 Å². The van der Waals surface area contributed by atoms with E-state index in [1.54, 1.807) is 27.8 Å². The van der Waals surface area contributed by atoms with E-state index >= 15 is 0 Å². The van der Waals surface area contributed by atoms with Crippen LogP contribution in [0.5, 0.6) is 0 Å². The summed E-state index contributed by atoms with van der Waals surface area (Å²) in [7, 11) is 1.86. The maximum Gasteiger partial charge on any atom is 0.293 e. The van der Waals surface area contributed by atoms with Crippen LogP contribution in [0.4, 0.5) is 4.39 Å². The average Bonchev–Trinajstić information content (AvgIpc) is 3.25. The van der Waals surface area contributed by atoms with Crippen LogP contribution in [-0.2, 0) is 7.05 Å². The van der Waals surface area contributed by atoms with E-state index < -0.39 is 5.82 Å². The van der Waals surface area contributed by atoms with Crippen molar-refractivity contribution in [3.8, 4) is 11.3 Å². The fraction of sp³-hybridized carbons (Fsp3) is 0.350. The summed E-state index contributed by atoms with van der Waals surface area (Å²) >= 11 is 0. The van der Waals surface area contributed by atoms with E-state index in [0.717, 1.165) is 31.4 Å². The van der Waals surface area contributed by atoms with Gasteiger partial charge in [-0.2, -0.15) is 5.10 Å². The van der Waals surface area contributed by atoms with Crippen LogP contribution in [0.15, 0.2) is 47.1 Å². The quantitative estimate of drug-likeness (QED) is 0.702. The van der Waals surface area contributed by atoms with Gasteiger partial charge in [-0.15, -0.1) is 0 Å². The van der Waals surface area contributed by atoms with Crippen LogP contribution in [0.1, 0.15) is 48.0 Å². The van der Waals surface area contributed by atoms with E-state index in [-0.39, 0.29) is 17.7 Å². The summed E-state index contributed by atoms with van der Waals surface area (Å²) in [6.07, 6.45) is 5.79. The van der Waals surface area contributed by atoms with Gasteiger partial charge in [0, 0.05) is 31.4 Å². The van der Waals surface area contributed by atoms with Crippen molar-refractivity contribution in [1.29, 1.82) is 0 Å². The molecule has 140 valence electrons. The topological polar surface area (TPSA) is 64.2 Å². The van der Waals surface area contributed by atoms with Gasteiger partial charge in [-0.1, -0.05) is 30.1 Å². The van der Waals surface area contributed by atoms with Crippen molar-refractivity contribution in [2.24, 2.45) is 7.05 Å². The first kappa shape index (κ1) is 17.5. The Hall–Kier alpha value is -2.96. The molecule has 7 heteroatoms. The number of amides is 1. The number of carbonyl (C=O) groups excluding carboxylic acids is 1. The summed E-state index contributed by atoms with van der Waals surface area (Å²) in [5.74, 6) is -0.510. The van der Waals surface area contributed by atoms with Crippen LogP contribution in [0.25, 0.3) is 11.3 Å². The maximum atomic E-state index is 14.0. The number of halogens is 1. The number of likely N-dealkylation sites (tertiary alicyclic amines) is 1. The third kappa shape index (κ3) is 3.49. The van der Waals surface area contributed by atoms with Crippen LogP contribution in [0.2, 0.25) is 0 Å². The number of hydrogen-bond donors (Lipinski definition) is 0. The molecule has 0 bridgehead atoms. The molecule has 1 aliphatic heterocycles. The molecule has 0 radical (unpaired) electrons. The molecule has 0 spiro atoms. The Balaban J connectivity index is 1.63. The Labute approximate surface area is 156 Å². The van der Waals surface area contributed by atoms with Crippen LogP contribution < -0.4 is 0 Å². The van der Waals surface area contributed by atoms with Gasteiger partial charge in [0.25, 0.3) is 5.91 Å². The molecule has 1 saturated heterocycles. The second-order valence-corrected chi connectivity index (χ2v) is 6.83. The lowest BCUT2D eigenvalue weighted by Gasteiger charge is -2.27. The Bertz CT molecular complexity index is 949. The SMILES string of the molecule is Cn1ccc([C@H]2CCCCCN2C(=O)c2cc(-c3ccccc3F)no2)n1. The van der Waals surface area contributed by atoms with Crippen LogP contribution >= 0.6 is 0 Å². The summed E-state index contributed by atoms with van der Waals surface area (Å²) in [6, 6.07) is 9.67. The summed E-state index contributed by atoms with van der Waals surface area (Å²) in [5, 5.41) is 8.40. The van der Waals surface area contributed by atoms with Crippen molar-refractivity contribution in [1.82, 2.24) is 19.8 Å². The molecule has 0 unspecified atom stereocenters. The molecule has 1 fully saturated rings. The van der Waals surface area contributed by atoms with Crippen molar-refractivity contribution in [2.45, 2.75) is 31.7 Å². The van der Waals surface area contributed by atoms with Crippen LogP contribution in [-0.4, -0.2) is 32.3 Å². The Morgan fingerprint density at radius 1 is 1.22 bits per heavy atom. The second kappa shape index (κ2) is 7.34. The number of aryl methyl sites for hydroxylation is 1. The molecule has 1 atom stereocenters. The van der Waals surface area contributed by atoms with Gasteiger partial charge in [0.1, 0.15) is 11.5 Å². The molecule has 0 N–H and O–H groups in total. The lowest BCUT2D eigenvalue weighted by atomic mass is 10.1. The highest BCUT2D eigenvalue weighted by Gasteiger charge is 2.31. The molecule has 0 aliphatic carbocycles. The van der Waals surface area contributed by atoms with Gasteiger partial charge in [0.05, 0.1) is 11.7 Å². The van der Waals surface area contributed by atoms with E-state index in [1.165, 1.54) is 12.1 Å². The molecule has 3 aromatic rings. The standard InChI is InChI=1S/C20H21FN4O2/c1-24-12-10-16(22-24)18-9-3-2-6-11-25(18)20(26)19-13-17(23-27-19)14-7-4-5-8-15(14)21/h4-5,7-8,10,12-13,18H,2-3,6,9,11H2,1H3/t18-/m1/s1. The maximum absolute atomic E-state index is 14.0. The number of benzene rings is 1. The van der Waals surface area contributed by atoms with Crippen molar-refractivity contribution in [3.05, 3.63) is 59.9 Å². The first-order valence-corrected chi connectivity index (χ1v) is 9.15. The zero-order chi connectivity index (χ0) is 18.8. The minimum absolute atomic E-state index is 0.0942. The van der Waals surface area contributed by atoms with Crippen molar-refractivity contribution in [3.63, 3.8) is 0 Å². The molecule has 1 aliphatic rings. The lowest BCUT2D eigenvalue weighted by molar-refractivity contribution is 0.0634. The molecule has 1 aromatic carbocycles. The van der Waals surface area contributed by atoms with Crippen LogP contribution in [0.3, 0.4) is 0 Å². The normalized spacial score (nSPS) is 17.7. The zero-order valence-corrected chi connectivity index (χ0v) is 15.1. The largest absolute Gasteiger partial charge is 0.350 e. The number of rotatable bonds is 3. The predicted molar refractivity (Wildman–Crippen MR) is 97.4 cm³/mol. The van der Waals surface area contributed by atoms with Gasteiger partial charge in [0.2, 0.25) is 5.76 Å². The van der Waals surface area contributed by atoms with Crippen molar-refractivity contribution >= 4 is 5.91 Å². The lowest BCUT2D eigenvalue weighted by Crippen LogP contribution is -2.34. The Morgan fingerprint density at radius 2 is 2.07 bits per heavy atom. The fourth-order valence-corrected chi connectivity index (χ4v) is 3.58. The van der Waals surface area contributed by atoms with E-state index in [0.29, 0.717) is 17.8 Å². The van der Waals surface area contributed by atoms with Gasteiger partial charge in [-0.25, -0.2) is 4.39 Å². The predicted octanol–water partition coefficient (Wildman–Crippen LogP) is 3.97. The summed E-state index contributed by atoms with van der Waals surface area (Å²) < 4.78 is 21.0. The highest BCUT2D eigenvalue weighted by molar-refractivity contribution is 5.92. The van der Waals surface area contributed by atoms with Crippen molar-refractivity contribution < 1.29 is 13.7 Å². The molecule has 3 heterocycles. The summed E-state index contributed by atoms with van der Waals surface area (Å²) in [4.78, 5) is 14.9. The number of nitrogens with zero attached hydrogens (tertiary/aromatic N) is 4. The molecular formula is C20H21FN4O2. The first-order valence-electron chi connectivity index (χ1n) is 9.15. The zero-order valence-electron chi connectivity index (χ0n) is 15.1. The van der Waals surface area contributed by atoms with Gasteiger partial charge in [-0.3, -0.25) is 9.48 Å². The minimum atomic E-state index is -0.397. The highest BCUT2D eigenvalue weighted by Crippen LogP contribution is 2.31. The average molecular weight is 368 g/mol. The first-order chi connectivity index (χ1) is 13.1. The molecule has 2 aromatic heterocycles. The number of hydrogen-bond acceptors (Lipinski definition) is 4. The molecule has 6 nitrogen and oxygen atoms in total. The minimum Gasteiger partial charge on any atom is -0.350 e. The molecule has 0 saturated carbocycles. The third-order valence-corrected chi connectivity index (χ3v) is 4.96. The highest BCUT2D eigenvalue weighted by atomic mass is 19.1. The molecule has 1 amide bonds. The van der Waals surface area contributed by atoms with Gasteiger partial charge < -0.3 is 9.42 Å². The summed E-state index contributed by atoms with van der Waals surface area (Å²) in [6.45, 7) is 0.635. The number of carbonyl (C=O) groups is 1. The van der Waals surface area contributed by atoms with E-state index in [9.17, 15) is 9.18 Å². The number of aromatic nitrogens is 3. The molecular weight excluding hydrogens is 347 g/mol. The monoisotopic (exact) mass is 368 g/mol. The Kier molecular flexibility index (Phi) is 4.75. The van der Waals surface area contributed by atoms with Gasteiger partial charge in [0.15, 0.2) is 0 Å². The van der Waals surface area contributed by atoms with Crippen LogP contribution in [0, 0.1) is 5.82 Å². The second-order valence-electron chi connectivity index (χ2n) is 6.83.